The van der Waals surface area contributed by atoms with Crippen molar-refractivity contribution in [2.24, 2.45) is 0 Å². The number of oxazole rings is 1. The van der Waals surface area contributed by atoms with Gasteiger partial charge in [-0.25, -0.2) is 4.98 Å². The monoisotopic (exact) mass is 210 g/mol. The van der Waals surface area contributed by atoms with Gasteiger partial charge in [0, 0.05) is 0 Å². The lowest BCUT2D eigenvalue weighted by atomic mass is 10.3. The molecule has 0 amide bonds. The van der Waals surface area contributed by atoms with Crippen LogP contribution in [0, 0.1) is 13.8 Å². The highest BCUT2D eigenvalue weighted by molar-refractivity contribution is 5.04. The van der Waals surface area contributed by atoms with Crippen molar-refractivity contribution in [1.82, 2.24) is 10.5 Å². The lowest BCUT2D eigenvalue weighted by Crippen LogP contribution is -2.21. The number of hydroxylamine groups is 1. The molecule has 1 N–H and O–H groups in total. The molecule has 0 aliphatic heterocycles. The second-order valence-electron chi connectivity index (χ2n) is 4.09. The van der Waals surface area contributed by atoms with E-state index in [0.717, 1.165) is 24.3 Å². The molecule has 1 aromatic rings. The number of nitrogens with one attached hydrogen (secondary N) is 1. The van der Waals surface area contributed by atoms with E-state index in [9.17, 15) is 0 Å². The minimum Gasteiger partial charge on any atom is -0.444 e. The first-order valence-corrected chi connectivity index (χ1v) is 5.57. The molecule has 2 rings (SSSR count). The third-order valence-corrected chi connectivity index (χ3v) is 2.85. The maximum absolute atomic E-state index is 5.51. The van der Waals surface area contributed by atoms with Crippen molar-refractivity contribution in [1.29, 1.82) is 0 Å². The first-order chi connectivity index (χ1) is 7.25. The second kappa shape index (κ2) is 4.77. The maximum Gasteiger partial charge on any atom is 0.210 e. The molecule has 1 aliphatic rings. The first-order valence-electron chi connectivity index (χ1n) is 5.57. The highest BCUT2D eigenvalue weighted by Crippen LogP contribution is 2.20. The Morgan fingerprint density at radius 1 is 1.40 bits per heavy atom. The number of nitrogens with zero attached hydrogens (tertiary/aromatic N) is 1. The van der Waals surface area contributed by atoms with Crippen molar-refractivity contribution in [3.8, 4) is 0 Å². The van der Waals surface area contributed by atoms with E-state index in [4.69, 9.17) is 9.25 Å². The third kappa shape index (κ3) is 2.79. The van der Waals surface area contributed by atoms with Gasteiger partial charge >= 0.3 is 0 Å². The fourth-order valence-corrected chi connectivity index (χ4v) is 1.84. The summed E-state index contributed by atoms with van der Waals surface area (Å²) in [5.74, 6) is 1.58. The van der Waals surface area contributed by atoms with Gasteiger partial charge in [-0.15, -0.1) is 0 Å². The minimum atomic E-state index is 0.377. The van der Waals surface area contributed by atoms with Crippen LogP contribution in [0.3, 0.4) is 0 Å². The number of rotatable bonds is 4. The molecule has 0 unspecified atom stereocenters. The normalized spacial score (nSPS) is 17.5. The SMILES string of the molecule is Cc1nc(CNOC2CCCC2)oc1C. The molecule has 1 aromatic heterocycles. The van der Waals surface area contributed by atoms with Gasteiger partial charge in [0.25, 0.3) is 0 Å². The zero-order valence-electron chi connectivity index (χ0n) is 9.38. The summed E-state index contributed by atoms with van der Waals surface area (Å²) in [5.41, 5.74) is 3.88. The molecule has 1 heterocycles. The summed E-state index contributed by atoms with van der Waals surface area (Å²) >= 11 is 0. The summed E-state index contributed by atoms with van der Waals surface area (Å²) in [4.78, 5) is 9.77. The quantitative estimate of drug-likeness (QED) is 0.774. The lowest BCUT2D eigenvalue weighted by Gasteiger charge is -2.09. The van der Waals surface area contributed by atoms with Crippen molar-refractivity contribution >= 4 is 0 Å². The Bertz CT molecular complexity index is 297. The molecule has 0 saturated heterocycles. The van der Waals surface area contributed by atoms with Gasteiger partial charge in [0.2, 0.25) is 5.89 Å². The van der Waals surface area contributed by atoms with Crippen LogP contribution in [0.2, 0.25) is 0 Å². The molecule has 84 valence electrons. The van der Waals surface area contributed by atoms with Crippen molar-refractivity contribution in [2.75, 3.05) is 0 Å². The molecule has 4 nitrogen and oxygen atoms in total. The Morgan fingerprint density at radius 3 is 2.73 bits per heavy atom. The summed E-state index contributed by atoms with van der Waals surface area (Å²) in [6.07, 6.45) is 5.27. The van der Waals surface area contributed by atoms with Gasteiger partial charge in [0.1, 0.15) is 5.76 Å². The van der Waals surface area contributed by atoms with E-state index >= 15 is 0 Å². The van der Waals surface area contributed by atoms with Crippen molar-refractivity contribution in [2.45, 2.75) is 52.2 Å². The molecular formula is C11H18N2O2. The van der Waals surface area contributed by atoms with Gasteiger partial charge < -0.3 is 4.42 Å². The van der Waals surface area contributed by atoms with Gasteiger partial charge in [0.15, 0.2) is 0 Å². The minimum absolute atomic E-state index is 0.377. The summed E-state index contributed by atoms with van der Waals surface area (Å²) < 4.78 is 5.43. The van der Waals surface area contributed by atoms with Gasteiger partial charge in [-0.3, -0.25) is 4.84 Å². The second-order valence-corrected chi connectivity index (χ2v) is 4.09. The van der Waals surface area contributed by atoms with E-state index in [-0.39, 0.29) is 0 Å². The van der Waals surface area contributed by atoms with Crippen LogP contribution >= 0.6 is 0 Å². The average molecular weight is 210 g/mol. The van der Waals surface area contributed by atoms with Gasteiger partial charge in [0.05, 0.1) is 18.3 Å². The lowest BCUT2D eigenvalue weighted by molar-refractivity contribution is -0.0275. The Labute approximate surface area is 90.0 Å². The van der Waals surface area contributed by atoms with Crippen molar-refractivity contribution in [3.63, 3.8) is 0 Å². The van der Waals surface area contributed by atoms with Crippen LogP contribution in [0.1, 0.15) is 43.0 Å². The fourth-order valence-electron chi connectivity index (χ4n) is 1.84. The number of hydrogen-bond donors (Lipinski definition) is 1. The molecule has 0 atom stereocenters. The Hall–Kier alpha value is -0.870. The highest BCUT2D eigenvalue weighted by atomic mass is 16.7. The van der Waals surface area contributed by atoms with Crippen molar-refractivity contribution < 1.29 is 9.25 Å². The zero-order chi connectivity index (χ0) is 10.7. The molecule has 1 saturated carbocycles. The van der Waals surface area contributed by atoms with E-state index in [1.807, 2.05) is 13.8 Å². The molecule has 0 bridgehead atoms. The first kappa shape index (κ1) is 10.6. The average Bonchev–Trinajstić information content (AvgIpc) is 2.79. The van der Waals surface area contributed by atoms with E-state index in [0.29, 0.717) is 18.5 Å². The maximum atomic E-state index is 5.51. The summed E-state index contributed by atoms with van der Waals surface area (Å²) in [5, 5.41) is 0. The topological polar surface area (TPSA) is 47.3 Å². The predicted octanol–water partition coefficient (Wildman–Crippen LogP) is 2.26. The van der Waals surface area contributed by atoms with Crippen LogP contribution in [-0.2, 0) is 11.4 Å². The van der Waals surface area contributed by atoms with E-state index in [1.54, 1.807) is 0 Å². The van der Waals surface area contributed by atoms with E-state index in [2.05, 4.69) is 10.5 Å². The number of hydrogen-bond acceptors (Lipinski definition) is 4. The Balaban J connectivity index is 1.73. The smallest absolute Gasteiger partial charge is 0.210 e. The molecule has 0 spiro atoms. The molecule has 4 heteroatoms. The van der Waals surface area contributed by atoms with Crippen LogP contribution in [-0.4, -0.2) is 11.1 Å². The molecule has 15 heavy (non-hydrogen) atoms. The zero-order valence-corrected chi connectivity index (χ0v) is 9.38. The Kier molecular flexibility index (Phi) is 3.38. The van der Waals surface area contributed by atoms with Crippen LogP contribution in [0.4, 0.5) is 0 Å². The van der Waals surface area contributed by atoms with Crippen LogP contribution < -0.4 is 5.48 Å². The van der Waals surface area contributed by atoms with E-state index in [1.165, 1.54) is 12.8 Å². The standard InChI is InChI=1S/C11H18N2O2/c1-8-9(2)14-11(13-8)7-12-15-10-5-3-4-6-10/h10,12H,3-7H2,1-2H3. The molecular weight excluding hydrogens is 192 g/mol. The third-order valence-electron chi connectivity index (χ3n) is 2.85. The van der Waals surface area contributed by atoms with Crippen LogP contribution in [0.15, 0.2) is 4.42 Å². The fraction of sp³-hybridized carbons (Fsp3) is 0.727. The summed E-state index contributed by atoms with van der Waals surface area (Å²) in [6, 6.07) is 0. The Morgan fingerprint density at radius 2 is 2.13 bits per heavy atom. The molecule has 0 aromatic carbocycles. The predicted molar refractivity (Wildman–Crippen MR) is 56.2 cm³/mol. The van der Waals surface area contributed by atoms with Gasteiger partial charge in [-0.2, -0.15) is 5.48 Å². The van der Waals surface area contributed by atoms with Gasteiger partial charge in [-0.05, 0) is 26.7 Å². The summed E-state index contributed by atoms with van der Waals surface area (Å²) in [6.45, 7) is 4.41. The molecule has 0 radical (unpaired) electrons. The molecule has 1 aliphatic carbocycles. The van der Waals surface area contributed by atoms with Gasteiger partial charge in [-0.1, -0.05) is 12.8 Å². The van der Waals surface area contributed by atoms with E-state index < -0.39 is 0 Å². The highest BCUT2D eigenvalue weighted by Gasteiger charge is 2.15. The summed E-state index contributed by atoms with van der Waals surface area (Å²) in [7, 11) is 0. The van der Waals surface area contributed by atoms with Crippen LogP contribution in [0.5, 0.6) is 0 Å². The van der Waals surface area contributed by atoms with Crippen molar-refractivity contribution in [3.05, 3.63) is 17.3 Å². The largest absolute Gasteiger partial charge is 0.444 e. The number of aryl methyl sites for hydroxylation is 2. The van der Waals surface area contributed by atoms with Crippen LogP contribution in [0.25, 0.3) is 0 Å². The molecule has 1 fully saturated rings. The number of aromatic nitrogens is 1.